The average molecular weight is 267 g/mol. The van der Waals surface area contributed by atoms with Crippen molar-refractivity contribution >= 4 is 5.91 Å². The average Bonchev–Trinajstić information content (AvgIpc) is 2.89. The summed E-state index contributed by atoms with van der Waals surface area (Å²) in [6.07, 6.45) is 1.94. The molecule has 1 fully saturated rings. The second-order valence-corrected chi connectivity index (χ2v) is 5.05. The van der Waals surface area contributed by atoms with E-state index in [0.717, 1.165) is 12.2 Å². The highest BCUT2D eigenvalue weighted by Crippen LogP contribution is 2.11. The Hall–Kier alpha value is -1.43. The van der Waals surface area contributed by atoms with E-state index < -0.39 is 0 Å². The molecule has 0 aromatic carbocycles. The van der Waals surface area contributed by atoms with Gasteiger partial charge in [0.2, 0.25) is 11.8 Å². The lowest BCUT2D eigenvalue weighted by molar-refractivity contribution is -0.135. The normalized spacial score (nSPS) is 16.1. The Morgan fingerprint density at radius 3 is 2.74 bits per heavy atom. The summed E-state index contributed by atoms with van der Waals surface area (Å²) in [5, 5.41) is 3.91. The molecule has 0 spiro atoms. The molecule has 2 rings (SSSR count). The second kappa shape index (κ2) is 6.65. The van der Waals surface area contributed by atoms with Crippen molar-refractivity contribution in [3.05, 3.63) is 11.7 Å². The van der Waals surface area contributed by atoms with Crippen LogP contribution < -0.4 is 0 Å². The van der Waals surface area contributed by atoms with Crippen LogP contribution in [0.1, 0.15) is 44.3 Å². The summed E-state index contributed by atoms with van der Waals surface area (Å²) >= 11 is 0. The standard InChI is InChI=1S/C13H21N3O3/c1-10(2)13-14-11(19-15-13)4-3-5-12(17)16-6-8-18-9-7-16/h10H,3-9H2,1-2H3. The van der Waals surface area contributed by atoms with Gasteiger partial charge >= 0.3 is 0 Å². The molecule has 6 heteroatoms. The first-order chi connectivity index (χ1) is 9.16. The maximum absolute atomic E-state index is 11.9. The molecule has 106 valence electrons. The Morgan fingerprint density at radius 1 is 1.37 bits per heavy atom. The first-order valence-electron chi connectivity index (χ1n) is 6.85. The lowest BCUT2D eigenvalue weighted by Crippen LogP contribution is -2.40. The van der Waals surface area contributed by atoms with E-state index in [4.69, 9.17) is 9.26 Å². The van der Waals surface area contributed by atoms with E-state index in [2.05, 4.69) is 10.1 Å². The monoisotopic (exact) mass is 267 g/mol. The van der Waals surface area contributed by atoms with Crippen LogP contribution in [0.4, 0.5) is 0 Å². The zero-order chi connectivity index (χ0) is 13.7. The van der Waals surface area contributed by atoms with Gasteiger partial charge in [0.15, 0.2) is 5.82 Å². The molecule has 1 amide bonds. The summed E-state index contributed by atoms with van der Waals surface area (Å²) in [5.74, 6) is 1.81. The zero-order valence-electron chi connectivity index (χ0n) is 11.6. The summed E-state index contributed by atoms with van der Waals surface area (Å²) in [5.41, 5.74) is 0. The van der Waals surface area contributed by atoms with Gasteiger partial charge in [-0.3, -0.25) is 4.79 Å². The molecule has 0 atom stereocenters. The lowest BCUT2D eigenvalue weighted by atomic mass is 10.2. The SMILES string of the molecule is CC(C)c1noc(CCCC(=O)N2CCOCC2)n1. The van der Waals surface area contributed by atoms with Gasteiger partial charge in [-0.15, -0.1) is 0 Å². The Kier molecular flexibility index (Phi) is 4.90. The van der Waals surface area contributed by atoms with Crippen molar-refractivity contribution in [2.75, 3.05) is 26.3 Å². The number of carbonyl (C=O) groups excluding carboxylic acids is 1. The van der Waals surface area contributed by atoms with Crippen molar-refractivity contribution in [1.82, 2.24) is 15.0 Å². The Balaban J connectivity index is 1.71. The quantitative estimate of drug-likeness (QED) is 0.806. The first-order valence-corrected chi connectivity index (χ1v) is 6.85. The molecule has 0 saturated carbocycles. The van der Waals surface area contributed by atoms with Crippen molar-refractivity contribution in [2.45, 2.75) is 39.0 Å². The molecule has 19 heavy (non-hydrogen) atoms. The van der Waals surface area contributed by atoms with E-state index in [1.54, 1.807) is 0 Å². The fraction of sp³-hybridized carbons (Fsp3) is 0.769. The number of rotatable bonds is 5. The third-order valence-corrected chi connectivity index (χ3v) is 3.15. The van der Waals surface area contributed by atoms with Crippen LogP contribution in [0.3, 0.4) is 0 Å². The third kappa shape index (κ3) is 4.02. The minimum Gasteiger partial charge on any atom is -0.378 e. The van der Waals surface area contributed by atoms with Crippen LogP contribution in [-0.4, -0.2) is 47.3 Å². The molecule has 1 aromatic heterocycles. The van der Waals surface area contributed by atoms with Crippen LogP contribution in [0.2, 0.25) is 0 Å². The van der Waals surface area contributed by atoms with E-state index in [0.29, 0.717) is 45.0 Å². The fourth-order valence-corrected chi connectivity index (χ4v) is 1.97. The number of amides is 1. The smallest absolute Gasteiger partial charge is 0.226 e. The molecule has 6 nitrogen and oxygen atoms in total. The molecule has 2 heterocycles. The second-order valence-electron chi connectivity index (χ2n) is 5.05. The van der Waals surface area contributed by atoms with Gasteiger partial charge in [-0.25, -0.2) is 0 Å². The van der Waals surface area contributed by atoms with Crippen LogP contribution in [-0.2, 0) is 16.0 Å². The molecule has 0 bridgehead atoms. The van der Waals surface area contributed by atoms with E-state index in [-0.39, 0.29) is 11.8 Å². The predicted octanol–water partition coefficient (Wildman–Crippen LogP) is 1.37. The molecule has 1 aliphatic rings. The Labute approximate surface area is 113 Å². The molecular weight excluding hydrogens is 246 g/mol. The third-order valence-electron chi connectivity index (χ3n) is 3.15. The Bertz CT molecular complexity index is 411. The zero-order valence-corrected chi connectivity index (χ0v) is 11.6. The molecule has 0 N–H and O–H groups in total. The molecule has 0 unspecified atom stereocenters. The number of aromatic nitrogens is 2. The lowest BCUT2D eigenvalue weighted by Gasteiger charge is -2.26. The van der Waals surface area contributed by atoms with Gasteiger partial charge in [-0.2, -0.15) is 4.98 Å². The van der Waals surface area contributed by atoms with Gasteiger partial charge in [-0.05, 0) is 6.42 Å². The maximum Gasteiger partial charge on any atom is 0.226 e. The Morgan fingerprint density at radius 2 is 2.11 bits per heavy atom. The number of hydrogen-bond acceptors (Lipinski definition) is 5. The number of carbonyl (C=O) groups is 1. The number of nitrogens with zero attached hydrogens (tertiary/aromatic N) is 3. The van der Waals surface area contributed by atoms with Crippen LogP contribution in [0.5, 0.6) is 0 Å². The van der Waals surface area contributed by atoms with Crippen molar-refractivity contribution < 1.29 is 14.1 Å². The molecular formula is C13H21N3O3. The van der Waals surface area contributed by atoms with Gasteiger partial charge in [-0.1, -0.05) is 19.0 Å². The van der Waals surface area contributed by atoms with Crippen molar-refractivity contribution in [1.29, 1.82) is 0 Å². The number of ether oxygens (including phenoxy) is 1. The van der Waals surface area contributed by atoms with Gasteiger partial charge < -0.3 is 14.2 Å². The van der Waals surface area contributed by atoms with Crippen LogP contribution >= 0.6 is 0 Å². The van der Waals surface area contributed by atoms with Gasteiger partial charge in [0.1, 0.15) is 0 Å². The number of hydrogen-bond donors (Lipinski definition) is 0. The molecule has 1 aromatic rings. The van der Waals surface area contributed by atoms with Crippen LogP contribution in [0, 0.1) is 0 Å². The topological polar surface area (TPSA) is 68.5 Å². The van der Waals surface area contributed by atoms with Crippen molar-refractivity contribution in [3.63, 3.8) is 0 Å². The molecule has 0 aliphatic carbocycles. The van der Waals surface area contributed by atoms with Crippen molar-refractivity contribution in [3.8, 4) is 0 Å². The van der Waals surface area contributed by atoms with Crippen LogP contribution in [0.25, 0.3) is 0 Å². The van der Waals surface area contributed by atoms with E-state index in [9.17, 15) is 4.79 Å². The summed E-state index contributed by atoms with van der Waals surface area (Å²) in [6.45, 7) is 6.75. The molecule has 0 radical (unpaired) electrons. The summed E-state index contributed by atoms with van der Waals surface area (Å²) in [7, 11) is 0. The summed E-state index contributed by atoms with van der Waals surface area (Å²) in [6, 6.07) is 0. The van der Waals surface area contributed by atoms with E-state index in [1.165, 1.54) is 0 Å². The maximum atomic E-state index is 11.9. The highest BCUT2D eigenvalue weighted by Gasteiger charge is 2.17. The highest BCUT2D eigenvalue weighted by atomic mass is 16.5. The largest absolute Gasteiger partial charge is 0.378 e. The van der Waals surface area contributed by atoms with Crippen LogP contribution in [0.15, 0.2) is 4.52 Å². The van der Waals surface area contributed by atoms with Crippen molar-refractivity contribution in [2.24, 2.45) is 0 Å². The predicted molar refractivity (Wildman–Crippen MR) is 68.7 cm³/mol. The van der Waals surface area contributed by atoms with Gasteiger partial charge in [0.05, 0.1) is 13.2 Å². The van der Waals surface area contributed by atoms with Gasteiger partial charge in [0.25, 0.3) is 0 Å². The summed E-state index contributed by atoms with van der Waals surface area (Å²) in [4.78, 5) is 18.1. The minimum atomic E-state index is 0.187. The van der Waals surface area contributed by atoms with Gasteiger partial charge in [0, 0.05) is 31.8 Å². The fourth-order valence-electron chi connectivity index (χ4n) is 1.97. The molecule has 1 saturated heterocycles. The summed E-state index contributed by atoms with van der Waals surface area (Å²) < 4.78 is 10.4. The first kappa shape index (κ1) is 14.0. The number of aryl methyl sites for hydroxylation is 1. The highest BCUT2D eigenvalue weighted by molar-refractivity contribution is 5.76. The van der Waals surface area contributed by atoms with E-state index in [1.807, 2.05) is 18.7 Å². The minimum absolute atomic E-state index is 0.187. The number of morpholine rings is 1. The van der Waals surface area contributed by atoms with E-state index >= 15 is 0 Å². The molecule has 1 aliphatic heterocycles.